The van der Waals surface area contributed by atoms with Crippen LogP contribution in [0, 0.1) is 10.1 Å². The molecule has 1 aromatic heterocycles. The van der Waals surface area contributed by atoms with E-state index in [1.54, 1.807) is 6.07 Å². The van der Waals surface area contributed by atoms with E-state index >= 15 is 0 Å². The Balaban J connectivity index is 1.42. The van der Waals surface area contributed by atoms with Crippen LogP contribution < -0.4 is 16.4 Å². The van der Waals surface area contributed by atoms with E-state index < -0.39 is 22.9 Å². The fraction of sp³-hybridized carbons (Fsp3) is 0.381. The number of hydrogen-bond acceptors (Lipinski definition) is 6. The number of benzene rings is 1. The lowest BCUT2D eigenvalue weighted by Gasteiger charge is -2.30. The number of alkyl halides is 1. The molecule has 0 bridgehead atoms. The van der Waals surface area contributed by atoms with Gasteiger partial charge in [-0.2, -0.15) is 0 Å². The quantitative estimate of drug-likeness (QED) is 0.408. The van der Waals surface area contributed by atoms with E-state index in [2.05, 4.69) is 10.6 Å². The van der Waals surface area contributed by atoms with Gasteiger partial charge in [0.15, 0.2) is 6.17 Å². The number of non-ortho nitro benzene ring substituents is 1. The van der Waals surface area contributed by atoms with Crippen molar-refractivity contribution in [3.8, 4) is 0 Å². The Labute approximate surface area is 187 Å². The van der Waals surface area contributed by atoms with Crippen LogP contribution in [-0.4, -0.2) is 40.9 Å². The summed E-state index contributed by atoms with van der Waals surface area (Å²) in [7, 11) is 0. The van der Waals surface area contributed by atoms with E-state index in [0.29, 0.717) is 41.0 Å². The zero-order chi connectivity index (χ0) is 23.3. The molecule has 1 fully saturated rings. The highest BCUT2D eigenvalue weighted by Crippen LogP contribution is 2.21. The van der Waals surface area contributed by atoms with E-state index in [9.17, 15) is 28.9 Å². The van der Waals surface area contributed by atoms with Gasteiger partial charge in [-0.05, 0) is 43.4 Å². The first kappa shape index (κ1) is 23.3. The van der Waals surface area contributed by atoms with E-state index in [1.807, 2.05) is 0 Å². The minimum Gasteiger partial charge on any atom is -0.365 e. The Bertz CT molecular complexity index is 1000. The van der Waals surface area contributed by atoms with Gasteiger partial charge in [0.25, 0.3) is 23.4 Å². The number of nitrogens with zero attached hydrogens (tertiary/aromatic N) is 1. The van der Waals surface area contributed by atoms with Crippen molar-refractivity contribution >= 4 is 34.7 Å². The molecule has 170 valence electrons. The molecule has 0 radical (unpaired) electrons. The molecule has 32 heavy (non-hydrogen) atoms. The molecule has 2 aromatic rings. The van der Waals surface area contributed by atoms with Gasteiger partial charge in [0, 0.05) is 30.6 Å². The molecule has 1 atom stereocenters. The maximum absolute atomic E-state index is 14.4. The maximum Gasteiger partial charge on any atom is 0.269 e. The van der Waals surface area contributed by atoms with Gasteiger partial charge in [-0.25, -0.2) is 4.39 Å². The van der Waals surface area contributed by atoms with Crippen molar-refractivity contribution in [3.63, 3.8) is 0 Å². The summed E-state index contributed by atoms with van der Waals surface area (Å²) in [5.74, 6) is -1.57. The summed E-state index contributed by atoms with van der Waals surface area (Å²) in [6, 6.07) is 8.24. The number of nitro benzene ring substituents is 1. The lowest BCUT2D eigenvalue weighted by atomic mass is 9.91. The van der Waals surface area contributed by atoms with Gasteiger partial charge in [-0.1, -0.05) is 12.1 Å². The Morgan fingerprint density at radius 3 is 2.12 bits per heavy atom. The number of carbonyl (C=O) groups excluding carboxylic acids is 3. The van der Waals surface area contributed by atoms with Crippen LogP contribution in [0.5, 0.6) is 0 Å². The average molecular weight is 463 g/mol. The summed E-state index contributed by atoms with van der Waals surface area (Å²) in [6.07, 6.45) is 0.528. The molecule has 0 saturated heterocycles. The molecule has 4 N–H and O–H groups in total. The van der Waals surface area contributed by atoms with Crippen molar-refractivity contribution in [1.29, 1.82) is 0 Å². The highest BCUT2D eigenvalue weighted by molar-refractivity contribution is 7.15. The van der Waals surface area contributed by atoms with Crippen LogP contribution in [0.25, 0.3) is 0 Å². The van der Waals surface area contributed by atoms with E-state index in [-0.39, 0.29) is 30.1 Å². The number of carbonyl (C=O) groups is 3. The number of nitrogens with two attached hydrogens (primary N) is 1. The van der Waals surface area contributed by atoms with E-state index in [4.69, 9.17) is 5.73 Å². The monoisotopic (exact) mass is 462 g/mol. The van der Waals surface area contributed by atoms with Crippen molar-refractivity contribution < 1.29 is 23.7 Å². The van der Waals surface area contributed by atoms with Crippen LogP contribution in [0.2, 0.25) is 0 Å². The number of rotatable bonds is 8. The third-order valence-electron chi connectivity index (χ3n) is 5.33. The first-order valence-electron chi connectivity index (χ1n) is 10.1. The minimum absolute atomic E-state index is 0.0731. The van der Waals surface area contributed by atoms with Gasteiger partial charge in [0.05, 0.1) is 14.7 Å². The molecule has 3 amide bonds. The SMILES string of the molecule is NC(=O)c1ccc(C(=O)NC2CCC(NC(=O)C(F)Cc3ccc([N+](=O)[O-])cc3)CC2)s1. The Morgan fingerprint density at radius 1 is 1.03 bits per heavy atom. The summed E-state index contributed by atoms with van der Waals surface area (Å²) in [6.45, 7) is 0. The molecule has 11 heteroatoms. The zero-order valence-corrected chi connectivity index (χ0v) is 17.9. The minimum atomic E-state index is -1.76. The highest BCUT2D eigenvalue weighted by atomic mass is 32.1. The molecule has 1 aliphatic carbocycles. The van der Waals surface area contributed by atoms with E-state index in [1.165, 1.54) is 30.3 Å². The number of nitro groups is 1. The van der Waals surface area contributed by atoms with Crippen LogP contribution in [-0.2, 0) is 11.2 Å². The van der Waals surface area contributed by atoms with E-state index in [0.717, 1.165) is 11.3 Å². The van der Waals surface area contributed by atoms with Crippen LogP contribution in [0.4, 0.5) is 10.1 Å². The molecule has 1 aromatic carbocycles. The number of thiophene rings is 1. The van der Waals surface area contributed by atoms with Crippen molar-refractivity contribution in [1.82, 2.24) is 10.6 Å². The standard InChI is InChI=1S/C21H23FN4O5S/c22-16(11-12-1-7-15(8-2-12)26(30)31)20(28)24-13-3-5-14(6-4-13)25-21(29)18-10-9-17(32-18)19(23)27/h1-2,7-10,13-14,16H,3-6,11H2,(H2,23,27)(H,24,28)(H,25,29). The first-order valence-corrected chi connectivity index (χ1v) is 10.9. The third kappa shape index (κ3) is 6.10. The summed E-state index contributed by atoms with van der Waals surface area (Å²) < 4.78 is 14.4. The molecule has 1 heterocycles. The Morgan fingerprint density at radius 2 is 1.59 bits per heavy atom. The fourth-order valence-electron chi connectivity index (χ4n) is 3.58. The van der Waals surface area contributed by atoms with Crippen LogP contribution in [0.3, 0.4) is 0 Å². The van der Waals surface area contributed by atoms with Crippen LogP contribution in [0.1, 0.15) is 50.6 Å². The molecule has 1 aliphatic rings. The van der Waals surface area contributed by atoms with Gasteiger partial charge in [-0.3, -0.25) is 24.5 Å². The van der Waals surface area contributed by atoms with Crippen LogP contribution >= 0.6 is 11.3 Å². The molecule has 0 spiro atoms. The van der Waals surface area contributed by atoms with Crippen molar-refractivity contribution in [2.75, 3.05) is 0 Å². The number of amides is 3. The third-order valence-corrected chi connectivity index (χ3v) is 6.43. The summed E-state index contributed by atoms with van der Waals surface area (Å²) in [5, 5.41) is 16.3. The largest absolute Gasteiger partial charge is 0.365 e. The predicted octanol–water partition coefficient (Wildman–Crippen LogP) is 2.49. The maximum atomic E-state index is 14.4. The normalized spacial score (nSPS) is 19.0. The topological polar surface area (TPSA) is 144 Å². The van der Waals surface area contributed by atoms with Crippen molar-refractivity contribution in [3.05, 3.63) is 61.8 Å². The van der Waals surface area contributed by atoms with Crippen LogP contribution in [0.15, 0.2) is 36.4 Å². The molecule has 1 unspecified atom stereocenters. The number of primary amides is 1. The second-order valence-corrected chi connectivity index (χ2v) is 8.74. The number of hydrogen-bond donors (Lipinski definition) is 3. The van der Waals surface area contributed by atoms with Gasteiger partial charge in [-0.15, -0.1) is 11.3 Å². The Hall–Kier alpha value is -3.34. The van der Waals surface area contributed by atoms with Gasteiger partial charge < -0.3 is 16.4 Å². The summed E-state index contributed by atoms with van der Waals surface area (Å²) >= 11 is 1.03. The average Bonchev–Trinajstić information content (AvgIpc) is 3.26. The second-order valence-electron chi connectivity index (χ2n) is 7.65. The summed E-state index contributed by atoms with van der Waals surface area (Å²) in [5.41, 5.74) is 5.61. The molecular weight excluding hydrogens is 439 g/mol. The smallest absolute Gasteiger partial charge is 0.269 e. The zero-order valence-electron chi connectivity index (χ0n) is 17.1. The van der Waals surface area contributed by atoms with Gasteiger partial charge >= 0.3 is 0 Å². The lowest BCUT2D eigenvalue weighted by Crippen LogP contribution is -2.46. The molecule has 9 nitrogen and oxygen atoms in total. The van der Waals surface area contributed by atoms with Gasteiger partial charge in [0.1, 0.15) is 0 Å². The molecule has 3 rings (SSSR count). The highest BCUT2D eigenvalue weighted by Gasteiger charge is 2.27. The Kier molecular flexibility index (Phi) is 7.52. The summed E-state index contributed by atoms with van der Waals surface area (Å²) in [4.78, 5) is 46.5. The first-order chi connectivity index (χ1) is 15.2. The molecular formula is C21H23FN4O5S. The fourth-order valence-corrected chi connectivity index (χ4v) is 4.34. The van der Waals surface area contributed by atoms with Crippen molar-refractivity contribution in [2.24, 2.45) is 5.73 Å². The van der Waals surface area contributed by atoms with Gasteiger partial charge in [0.2, 0.25) is 0 Å². The molecule has 1 saturated carbocycles. The lowest BCUT2D eigenvalue weighted by molar-refractivity contribution is -0.384. The van der Waals surface area contributed by atoms with Crippen molar-refractivity contribution in [2.45, 2.75) is 50.4 Å². The predicted molar refractivity (Wildman–Crippen MR) is 116 cm³/mol. The second kappa shape index (κ2) is 10.3. The number of halogens is 1. The number of nitrogens with one attached hydrogen (secondary N) is 2. The molecule has 0 aliphatic heterocycles.